The van der Waals surface area contributed by atoms with E-state index in [2.05, 4.69) is 176 Å². The van der Waals surface area contributed by atoms with Gasteiger partial charge < -0.3 is 58.4 Å². The van der Waals surface area contributed by atoms with Crippen LogP contribution in [0.15, 0.2) is 217 Å². The average molecular weight is 1370 g/mol. The Morgan fingerprint density at radius 2 is 0.802 bits per heavy atom. The number of ether oxygens (including phenoxy) is 5. The molecule has 4 saturated carbocycles. The monoisotopic (exact) mass is 1370 g/mol. The van der Waals surface area contributed by atoms with E-state index in [-0.39, 0.29) is 53.6 Å². The van der Waals surface area contributed by atoms with Crippen molar-refractivity contribution in [3.05, 3.63) is 251 Å². The molecule has 16 nitrogen and oxygen atoms in total. The molecule has 0 spiro atoms. The lowest BCUT2D eigenvalue weighted by atomic mass is 10.1. The molecule has 1 amide bonds. The van der Waals surface area contributed by atoms with Gasteiger partial charge in [-0.3, -0.25) is 24.3 Å². The second-order valence-electron chi connectivity index (χ2n) is 24.2. The quantitative estimate of drug-likeness (QED) is 0.0215. The van der Waals surface area contributed by atoms with Gasteiger partial charge in [-0.1, -0.05) is 212 Å². The molecule has 0 radical (unpaired) electrons. The summed E-state index contributed by atoms with van der Waals surface area (Å²) in [5.41, 5.74) is 22.1. The van der Waals surface area contributed by atoms with Gasteiger partial charge >= 0.3 is 11.9 Å². The van der Waals surface area contributed by atoms with Gasteiger partial charge in [0, 0.05) is 92.2 Å². The number of hydrogen-bond acceptors (Lipinski definition) is 15. The number of rotatable bonds is 27. The SMILES string of the molecule is COC(=O)CN(Cc1ccccc1)Cc1ccccc1.COC(=O)C[NH3+].COC1(CCC(N)=S)CC1.COC1(CN(Cc2ccccc2)Cc2ccccc2)CC1.COC1(CN)CC1.O=C(N=C=S)c1ccccc1.OC1(CN(Cc2ccccc2)Cc2ccccc2)CC1.[Cl-]. The number of methoxy groups -OCH3 is 5. The molecule has 4 fully saturated rings. The van der Waals surface area contributed by atoms with E-state index in [1.54, 1.807) is 38.5 Å². The van der Waals surface area contributed by atoms with Crippen LogP contribution in [0.4, 0.5) is 0 Å². The molecule has 0 aromatic heterocycles. The van der Waals surface area contributed by atoms with Crippen LogP contribution in [0.3, 0.4) is 0 Å². The van der Waals surface area contributed by atoms with Gasteiger partial charge in [-0.05, 0) is 116 Å². The van der Waals surface area contributed by atoms with E-state index < -0.39 is 5.60 Å². The van der Waals surface area contributed by atoms with Gasteiger partial charge in [-0.15, -0.1) is 0 Å². The third-order valence-electron chi connectivity index (χ3n) is 16.5. The van der Waals surface area contributed by atoms with Crippen LogP contribution in [0.25, 0.3) is 0 Å². The number of amides is 1. The van der Waals surface area contributed by atoms with Crippen molar-refractivity contribution in [1.82, 2.24) is 14.7 Å². The minimum absolute atomic E-state index is 0. The Morgan fingerprint density at radius 3 is 1.04 bits per heavy atom. The largest absolute Gasteiger partial charge is 1.00 e. The van der Waals surface area contributed by atoms with Crippen molar-refractivity contribution in [3.8, 4) is 0 Å². The molecular formula is C77H100ClN7O9S2. The van der Waals surface area contributed by atoms with Crippen LogP contribution in [0.2, 0.25) is 0 Å². The third kappa shape index (κ3) is 33.6. The van der Waals surface area contributed by atoms with Gasteiger partial charge in [0.25, 0.3) is 5.91 Å². The van der Waals surface area contributed by atoms with Crippen LogP contribution < -0.4 is 29.6 Å². The number of esters is 2. The van der Waals surface area contributed by atoms with Crippen LogP contribution >= 0.6 is 24.4 Å². The number of benzene rings is 7. The number of halogens is 1. The Balaban J connectivity index is 0.000000248. The molecular weight excluding hydrogens is 1270 g/mol. The summed E-state index contributed by atoms with van der Waals surface area (Å²) in [6.07, 6.45) is 10.7. The second-order valence-corrected chi connectivity index (χ2v) is 24.9. The van der Waals surface area contributed by atoms with Crippen LogP contribution in [-0.4, -0.2) is 138 Å². The molecule has 0 saturated heterocycles. The lowest BCUT2D eigenvalue weighted by Crippen LogP contribution is -3.00. The normalized spacial score (nSPS) is 14.5. The topological polar surface area (TPSA) is 219 Å². The van der Waals surface area contributed by atoms with Gasteiger partial charge in [0.05, 0.1) is 53.3 Å². The summed E-state index contributed by atoms with van der Waals surface area (Å²) in [4.78, 5) is 43.2. The molecule has 7 aromatic carbocycles. The van der Waals surface area contributed by atoms with Crippen LogP contribution in [0, 0.1) is 0 Å². The number of thiocarbonyl (C=S) groups is 2. The molecule has 11 rings (SSSR count). The molecule has 0 bridgehead atoms. The first kappa shape index (κ1) is 81.2. The van der Waals surface area contributed by atoms with Gasteiger partial charge in [-0.25, -0.2) is 4.79 Å². The summed E-state index contributed by atoms with van der Waals surface area (Å²) in [5, 5.41) is 12.2. The highest BCUT2D eigenvalue weighted by molar-refractivity contribution is 7.80. The Morgan fingerprint density at radius 1 is 0.490 bits per heavy atom. The summed E-state index contributed by atoms with van der Waals surface area (Å²) in [7, 11) is 8.09. The molecule has 4 aliphatic rings. The first-order valence-electron chi connectivity index (χ1n) is 32.3. The number of aliphatic imine (C=N–C) groups is 1. The summed E-state index contributed by atoms with van der Waals surface area (Å²) >= 11 is 9.05. The van der Waals surface area contributed by atoms with Crippen LogP contribution in [0.1, 0.15) is 108 Å². The lowest BCUT2D eigenvalue weighted by Gasteiger charge is -2.27. The zero-order valence-corrected chi connectivity index (χ0v) is 59.0. The Kier molecular flexibility index (Phi) is 37.7. The first-order chi connectivity index (χ1) is 46.0. The smallest absolute Gasteiger partial charge is 0.361 e. The van der Waals surface area contributed by atoms with E-state index in [0.717, 1.165) is 90.9 Å². The number of aliphatic hydroxyl groups is 1. The first-order valence-corrected chi connectivity index (χ1v) is 33.2. The standard InChI is InChI=1S/C19H23NO.C18H21NO.C17H19NO2.C8H5NOS.C7H13NOS.C5H11NO.C3H7NO2.ClH/c1-21-19(12-13-19)16-20(14-17-8-4-2-5-9-17)15-18-10-6-3-7-11-18;20-18(11-12-18)15-19(13-16-7-3-1-4-8-16)14-17-9-5-2-6-10-17;1-20-17(19)14-18(12-15-8-4-2-5-9-15)13-16-10-6-3-7-11-16;10-8(9-6-11)7-4-2-1-3-5-7;1-9-7(4-5-7)3-2-6(8)10;1-7-5(4-6)2-3-5;1-6-3(5)2-4;/h2-11H,12-16H2,1H3;1-10,20H,11-15H2;2-11H,12-14H2,1H3;1-5H;2-5H2,1H3,(H2,8,10);2-4,6H2,1H3;2,4H2,1H3;1H. The predicted molar refractivity (Wildman–Crippen MR) is 385 cm³/mol. The fraction of sp³-hybridized carbons (Fsp3) is 0.390. The third-order valence-corrected chi connectivity index (χ3v) is 16.7. The molecule has 19 heteroatoms. The lowest BCUT2D eigenvalue weighted by molar-refractivity contribution is -0.359. The predicted octanol–water partition coefficient (Wildman–Crippen LogP) is 8.63. The summed E-state index contributed by atoms with van der Waals surface area (Å²) < 4.78 is 25.0. The Hall–Kier alpha value is -7.23. The molecule has 516 valence electrons. The van der Waals surface area contributed by atoms with Crippen molar-refractivity contribution in [3.63, 3.8) is 0 Å². The zero-order valence-electron chi connectivity index (χ0n) is 56.6. The van der Waals surface area contributed by atoms with E-state index >= 15 is 0 Å². The maximum absolute atomic E-state index is 11.5. The Labute approximate surface area is 586 Å². The summed E-state index contributed by atoms with van der Waals surface area (Å²) in [6, 6.07) is 71.3. The molecule has 0 unspecified atom stereocenters. The number of hydrogen-bond donors (Lipinski definition) is 4. The average Bonchev–Trinajstić information content (AvgIpc) is 1.75. The van der Waals surface area contributed by atoms with E-state index in [1.807, 2.05) is 66.9 Å². The fourth-order valence-electron chi connectivity index (χ4n) is 9.96. The maximum Gasteiger partial charge on any atom is 0.361 e. The van der Waals surface area contributed by atoms with Crippen molar-refractivity contribution >= 4 is 52.4 Å². The van der Waals surface area contributed by atoms with Gasteiger partial charge in [-0.2, -0.15) is 4.99 Å². The van der Waals surface area contributed by atoms with Crippen molar-refractivity contribution in [1.29, 1.82) is 0 Å². The van der Waals surface area contributed by atoms with Crippen LogP contribution in [0.5, 0.6) is 0 Å². The number of nitrogens with two attached hydrogens (primary N) is 2. The van der Waals surface area contributed by atoms with E-state index in [1.165, 1.54) is 73.3 Å². The van der Waals surface area contributed by atoms with Gasteiger partial charge in [0.15, 0.2) is 6.54 Å². The maximum atomic E-state index is 11.5. The second kappa shape index (κ2) is 44.6. The number of isothiocyanates is 1. The van der Waals surface area contributed by atoms with E-state index in [9.17, 15) is 19.5 Å². The number of nitrogens with zero attached hydrogens (tertiary/aromatic N) is 4. The van der Waals surface area contributed by atoms with Crippen molar-refractivity contribution < 1.29 is 61.3 Å². The highest BCUT2D eigenvalue weighted by Crippen LogP contribution is 2.43. The van der Waals surface area contributed by atoms with Crippen molar-refractivity contribution in [2.24, 2.45) is 16.5 Å². The molecule has 4 aliphatic carbocycles. The highest BCUT2D eigenvalue weighted by atomic mass is 35.5. The molecule has 96 heavy (non-hydrogen) atoms. The number of quaternary nitrogens is 1. The Bertz CT molecular complexity index is 3180. The molecule has 8 N–H and O–H groups in total. The fourth-order valence-corrected chi connectivity index (χ4v) is 10.1. The van der Waals surface area contributed by atoms with Gasteiger partial charge in [0.2, 0.25) is 0 Å². The summed E-state index contributed by atoms with van der Waals surface area (Å²) in [6.45, 7) is 8.14. The minimum Gasteiger partial charge on any atom is -1.00 e. The number of carbonyl (C=O) groups excluding carboxylic acids is 3. The minimum atomic E-state index is -0.441. The van der Waals surface area contributed by atoms with Crippen LogP contribution in [-0.2, 0) is 72.5 Å². The molecule has 0 aliphatic heterocycles. The molecule has 0 atom stereocenters. The van der Waals surface area contributed by atoms with Crippen molar-refractivity contribution in [2.75, 3.05) is 68.3 Å². The number of carbonyl (C=O) groups is 3. The molecule has 7 aromatic rings. The highest BCUT2D eigenvalue weighted by Gasteiger charge is 2.45. The van der Waals surface area contributed by atoms with Crippen molar-refractivity contribution in [2.45, 2.75) is 126 Å². The van der Waals surface area contributed by atoms with E-state index in [4.69, 9.17) is 42.6 Å². The molecule has 0 heterocycles. The van der Waals surface area contributed by atoms with E-state index in [0.29, 0.717) is 23.6 Å². The van der Waals surface area contributed by atoms with Gasteiger partial charge in [0.1, 0.15) is 0 Å². The summed E-state index contributed by atoms with van der Waals surface area (Å²) in [5.74, 6) is -0.826. The zero-order chi connectivity index (χ0) is 68.6.